The van der Waals surface area contributed by atoms with E-state index in [0.717, 1.165) is 35.1 Å². The number of carbonyl (C=O) groups excluding carboxylic acids is 2. The van der Waals surface area contributed by atoms with Gasteiger partial charge in [-0.1, -0.05) is 62.4 Å². The number of hydrogen-bond donors (Lipinski definition) is 2. The number of amides is 2. The third kappa shape index (κ3) is 5.66. The van der Waals surface area contributed by atoms with Crippen LogP contribution in [-0.4, -0.2) is 53.7 Å². The number of carboxylic acids is 1. The van der Waals surface area contributed by atoms with E-state index in [0.29, 0.717) is 19.5 Å². The van der Waals surface area contributed by atoms with Crippen LogP contribution in [0.25, 0.3) is 11.1 Å². The van der Waals surface area contributed by atoms with E-state index in [9.17, 15) is 14.4 Å². The van der Waals surface area contributed by atoms with Crippen LogP contribution in [0, 0.1) is 11.8 Å². The predicted octanol–water partition coefficient (Wildman–Crippen LogP) is 4.65. The first-order valence-corrected chi connectivity index (χ1v) is 12.5. The van der Waals surface area contributed by atoms with Crippen molar-refractivity contribution >= 4 is 18.0 Å². The third-order valence-electron chi connectivity index (χ3n) is 7.15. The van der Waals surface area contributed by atoms with E-state index < -0.39 is 18.1 Å². The Labute approximate surface area is 206 Å². The minimum atomic E-state index is -0.814. The fraction of sp³-hybridized carbons (Fsp3) is 0.464. The molecule has 2 aromatic carbocycles. The standard InChI is InChI=1S/C28H34N2O5/c1-18(2)26(27(33)30-15-7-8-19(16-30)13-14-25(31)32)29-28(34)35-17-24-22-11-5-3-9-20(22)21-10-4-6-12-23(21)24/h3-6,9-12,18-19,24,26H,7-8,13-17H2,1-2H3,(H,29,34)(H,31,32). The number of benzene rings is 2. The summed E-state index contributed by atoms with van der Waals surface area (Å²) in [5.41, 5.74) is 4.60. The van der Waals surface area contributed by atoms with Crippen LogP contribution in [-0.2, 0) is 14.3 Å². The molecule has 1 heterocycles. The number of carbonyl (C=O) groups is 3. The predicted molar refractivity (Wildman–Crippen MR) is 133 cm³/mol. The molecule has 0 spiro atoms. The highest BCUT2D eigenvalue weighted by molar-refractivity contribution is 5.86. The first-order chi connectivity index (χ1) is 16.8. The van der Waals surface area contributed by atoms with Crippen molar-refractivity contribution in [2.24, 2.45) is 11.8 Å². The summed E-state index contributed by atoms with van der Waals surface area (Å²) in [6.45, 7) is 5.15. The Hall–Kier alpha value is -3.35. The van der Waals surface area contributed by atoms with Crippen molar-refractivity contribution in [3.05, 3.63) is 59.7 Å². The van der Waals surface area contributed by atoms with Crippen molar-refractivity contribution < 1.29 is 24.2 Å². The van der Waals surface area contributed by atoms with Crippen LogP contribution in [0.2, 0.25) is 0 Å². The molecule has 7 heteroatoms. The van der Waals surface area contributed by atoms with Crippen molar-refractivity contribution in [1.82, 2.24) is 10.2 Å². The second kappa shape index (κ2) is 10.9. The molecule has 7 nitrogen and oxygen atoms in total. The van der Waals surface area contributed by atoms with Crippen molar-refractivity contribution in [3.8, 4) is 11.1 Å². The van der Waals surface area contributed by atoms with Gasteiger partial charge < -0.3 is 20.1 Å². The molecule has 2 atom stereocenters. The molecular formula is C28H34N2O5. The maximum Gasteiger partial charge on any atom is 0.407 e. The average Bonchev–Trinajstić information content (AvgIpc) is 3.18. The Morgan fingerprint density at radius 2 is 1.69 bits per heavy atom. The van der Waals surface area contributed by atoms with E-state index in [4.69, 9.17) is 9.84 Å². The normalized spacial score (nSPS) is 18.0. The van der Waals surface area contributed by atoms with E-state index in [1.54, 1.807) is 4.90 Å². The lowest BCUT2D eigenvalue weighted by Crippen LogP contribution is -2.53. The second-order valence-electron chi connectivity index (χ2n) is 9.92. The maximum atomic E-state index is 13.3. The Kier molecular flexibility index (Phi) is 7.73. The van der Waals surface area contributed by atoms with Crippen LogP contribution in [0.15, 0.2) is 48.5 Å². The number of fused-ring (bicyclic) bond motifs is 3. The molecule has 1 fully saturated rings. The fourth-order valence-electron chi connectivity index (χ4n) is 5.31. The molecule has 1 saturated heterocycles. The first kappa shape index (κ1) is 24.8. The second-order valence-corrected chi connectivity index (χ2v) is 9.92. The zero-order valence-electron chi connectivity index (χ0n) is 20.4. The van der Waals surface area contributed by atoms with Crippen LogP contribution in [0.4, 0.5) is 4.79 Å². The average molecular weight is 479 g/mol. The number of nitrogens with one attached hydrogen (secondary N) is 1. The molecule has 0 radical (unpaired) electrons. The van der Waals surface area contributed by atoms with Crippen LogP contribution in [0.3, 0.4) is 0 Å². The van der Waals surface area contributed by atoms with Crippen LogP contribution < -0.4 is 5.32 Å². The van der Waals surface area contributed by atoms with Gasteiger partial charge in [0.15, 0.2) is 0 Å². The van der Waals surface area contributed by atoms with Crippen molar-refractivity contribution in [3.63, 3.8) is 0 Å². The van der Waals surface area contributed by atoms with E-state index in [-0.39, 0.29) is 36.7 Å². The quantitative estimate of drug-likeness (QED) is 0.576. The summed E-state index contributed by atoms with van der Waals surface area (Å²) in [6, 6.07) is 15.6. The van der Waals surface area contributed by atoms with E-state index in [2.05, 4.69) is 29.6 Å². The van der Waals surface area contributed by atoms with Crippen LogP contribution in [0.5, 0.6) is 0 Å². The minimum Gasteiger partial charge on any atom is -0.481 e. The SMILES string of the molecule is CC(C)C(NC(=O)OCC1c2ccccc2-c2ccccc21)C(=O)N1CCCC(CCC(=O)O)C1. The molecule has 2 N–H and O–H groups in total. The molecule has 1 aliphatic carbocycles. The number of piperidine rings is 1. The maximum absolute atomic E-state index is 13.3. The number of hydrogen-bond acceptors (Lipinski definition) is 4. The highest BCUT2D eigenvalue weighted by Gasteiger charge is 2.33. The number of nitrogens with zero attached hydrogens (tertiary/aromatic N) is 1. The first-order valence-electron chi connectivity index (χ1n) is 12.5. The molecule has 35 heavy (non-hydrogen) atoms. The van der Waals surface area contributed by atoms with Gasteiger partial charge in [-0.25, -0.2) is 4.79 Å². The number of likely N-dealkylation sites (tertiary alicyclic amines) is 1. The summed E-state index contributed by atoms with van der Waals surface area (Å²) in [5.74, 6) is -0.925. The Bertz CT molecular complexity index is 1040. The summed E-state index contributed by atoms with van der Waals surface area (Å²) in [6.07, 6.45) is 1.83. The number of rotatable bonds is 8. The largest absolute Gasteiger partial charge is 0.481 e. The van der Waals surface area contributed by atoms with Crippen LogP contribution >= 0.6 is 0 Å². The van der Waals surface area contributed by atoms with Gasteiger partial charge in [-0.3, -0.25) is 9.59 Å². The molecule has 2 amide bonds. The molecule has 0 bridgehead atoms. The van der Waals surface area contributed by atoms with Gasteiger partial charge in [0, 0.05) is 25.4 Å². The number of alkyl carbamates (subject to hydrolysis) is 1. The fourth-order valence-corrected chi connectivity index (χ4v) is 5.31. The lowest BCUT2D eigenvalue weighted by Gasteiger charge is -2.36. The summed E-state index contributed by atoms with van der Waals surface area (Å²) in [7, 11) is 0. The van der Waals surface area contributed by atoms with Gasteiger partial charge in [0.05, 0.1) is 0 Å². The Balaban J connectivity index is 1.37. The van der Waals surface area contributed by atoms with Crippen molar-refractivity contribution in [2.75, 3.05) is 19.7 Å². The summed E-state index contributed by atoms with van der Waals surface area (Å²) in [5, 5.41) is 11.8. The van der Waals surface area contributed by atoms with Gasteiger partial charge in [-0.15, -0.1) is 0 Å². The van der Waals surface area contributed by atoms with E-state index in [1.807, 2.05) is 38.1 Å². The zero-order chi connectivity index (χ0) is 24.9. The van der Waals surface area contributed by atoms with Crippen molar-refractivity contribution in [2.45, 2.75) is 51.5 Å². The number of aliphatic carboxylic acids is 1. The minimum absolute atomic E-state index is 0.0431. The molecule has 2 unspecified atom stereocenters. The topological polar surface area (TPSA) is 95.9 Å². The Morgan fingerprint density at radius 3 is 2.29 bits per heavy atom. The number of ether oxygens (including phenoxy) is 1. The van der Waals surface area contributed by atoms with Gasteiger partial charge in [0.1, 0.15) is 12.6 Å². The molecule has 2 aliphatic rings. The summed E-state index contributed by atoms with van der Waals surface area (Å²) < 4.78 is 5.66. The lowest BCUT2D eigenvalue weighted by atomic mass is 9.92. The molecule has 1 aliphatic heterocycles. The lowest BCUT2D eigenvalue weighted by molar-refractivity contribution is -0.137. The molecular weight excluding hydrogens is 444 g/mol. The van der Waals surface area contributed by atoms with Gasteiger partial charge in [-0.2, -0.15) is 0 Å². The Morgan fingerprint density at radius 1 is 1.06 bits per heavy atom. The monoisotopic (exact) mass is 478 g/mol. The summed E-state index contributed by atoms with van der Waals surface area (Å²) in [4.78, 5) is 38.8. The molecule has 0 aromatic heterocycles. The van der Waals surface area contributed by atoms with Crippen LogP contribution in [0.1, 0.15) is 56.6 Å². The molecule has 186 valence electrons. The molecule has 0 saturated carbocycles. The number of carboxylic acid groups (broad SMARTS) is 1. The summed E-state index contributed by atoms with van der Waals surface area (Å²) >= 11 is 0. The third-order valence-corrected chi connectivity index (χ3v) is 7.15. The van der Waals surface area contributed by atoms with Gasteiger partial charge in [0.25, 0.3) is 0 Å². The van der Waals surface area contributed by atoms with Crippen molar-refractivity contribution in [1.29, 1.82) is 0 Å². The van der Waals surface area contributed by atoms with E-state index >= 15 is 0 Å². The van der Waals surface area contributed by atoms with Gasteiger partial charge in [0.2, 0.25) is 5.91 Å². The highest BCUT2D eigenvalue weighted by Crippen LogP contribution is 2.44. The van der Waals surface area contributed by atoms with E-state index in [1.165, 1.54) is 0 Å². The zero-order valence-corrected chi connectivity index (χ0v) is 20.4. The van der Waals surface area contributed by atoms with Gasteiger partial charge >= 0.3 is 12.1 Å². The highest BCUT2D eigenvalue weighted by atomic mass is 16.5. The van der Waals surface area contributed by atoms with Gasteiger partial charge in [-0.05, 0) is 53.4 Å². The molecule has 4 rings (SSSR count). The molecule has 2 aromatic rings. The smallest absolute Gasteiger partial charge is 0.407 e.